The topological polar surface area (TPSA) is 81.2 Å². The number of rotatable bonds is 9. The quantitative estimate of drug-likeness (QED) is 0.742. The fourth-order valence-electron chi connectivity index (χ4n) is 2.16. The fourth-order valence-corrected chi connectivity index (χ4v) is 3.84. The van der Waals surface area contributed by atoms with Gasteiger partial charge >= 0.3 is 0 Å². The lowest BCUT2D eigenvalue weighted by Gasteiger charge is -2.20. The Bertz CT molecular complexity index is 522. The summed E-state index contributed by atoms with van der Waals surface area (Å²) in [5.41, 5.74) is 5.45. The number of aryl methyl sites for hydroxylation is 1. The second-order valence-electron chi connectivity index (χ2n) is 5.28. The molecule has 114 valence electrons. The standard InChI is InChI=1S/C13H24N4O2S/c1-2-3-9-17(12-5-6-12)20(18,19)13-10-15-16(11-13)8-4-7-14/h10-12H,2-9,14H2,1H3. The summed E-state index contributed by atoms with van der Waals surface area (Å²) in [6, 6.07) is 0.193. The number of nitrogens with zero attached hydrogens (tertiary/aromatic N) is 3. The SMILES string of the molecule is CCCCN(C1CC1)S(=O)(=O)c1cnn(CCCN)c1. The zero-order chi connectivity index (χ0) is 14.6. The average Bonchev–Trinajstić information content (AvgIpc) is 3.13. The van der Waals surface area contributed by atoms with Crippen molar-refractivity contribution in [3.8, 4) is 0 Å². The van der Waals surface area contributed by atoms with Crippen LogP contribution in [-0.4, -0.2) is 41.6 Å². The van der Waals surface area contributed by atoms with Crippen molar-refractivity contribution in [1.29, 1.82) is 0 Å². The maximum absolute atomic E-state index is 12.7. The lowest BCUT2D eigenvalue weighted by molar-refractivity contribution is 0.395. The molecule has 1 aromatic heterocycles. The summed E-state index contributed by atoms with van der Waals surface area (Å²) < 4.78 is 28.6. The van der Waals surface area contributed by atoms with Gasteiger partial charge in [-0.2, -0.15) is 9.40 Å². The van der Waals surface area contributed by atoms with Gasteiger partial charge in [0.05, 0.1) is 6.20 Å². The van der Waals surface area contributed by atoms with Crippen LogP contribution in [-0.2, 0) is 16.6 Å². The Hall–Kier alpha value is -0.920. The molecule has 0 amide bonds. The predicted octanol–water partition coefficient (Wildman–Crippen LogP) is 1.19. The van der Waals surface area contributed by atoms with E-state index in [9.17, 15) is 8.42 Å². The van der Waals surface area contributed by atoms with E-state index in [2.05, 4.69) is 12.0 Å². The molecule has 1 heterocycles. The van der Waals surface area contributed by atoms with Crippen molar-refractivity contribution in [3.63, 3.8) is 0 Å². The molecule has 6 nitrogen and oxygen atoms in total. The Labute approximate surface area is 121 Å². The average molecular weight is 300 g/mol. The molecule has 1 saturated carbocycles. The Morgan fingerprint density at radius 2 is 2.20 bits per heavy atom. The molecule has 7 heteroatoms. The highest BCUT2D eigenvalue weighted by Gasteiger charge is 2.38. The van der Waals surface area contributed by atoms with Crippen LogP contribution in [0.15, 0.2) is 17.3 Å². The molecule has 1 fully saturated rings. The number of hydrogen-bond acceptors (Lipinski definition) is 4. The summed E-state index contributed by atoms with van der Waals surface area (Å²) >= 11 is 0. The van der Waals surface area contributed by atoms with E-state index in [0.717, 1.165) is 32.1 Å². The van der Waals surface area contributed by atoms with Crippen molar-refractivity contribution in [2.45, 2.75) is 56.5 Å². The number of unbranched alkanes of at least 4 members (excludes halogenated alkanes) is 1. The molecular formula is C13H24N4O2S. The molecule has 0 saturated heterocycles. The largest absolute Gasteiger partial charge is 0.330 e. The second kappa shape index (κ2) is 6.69. The van der Waals surface area contributed by atoms with Crippen LogP contribution in [0.4, 0.5) is 0 Å². The van der Waals surface area contributed by atoms with Crippen LogP contribution in [0.2, 0.25) is 0 Å². The van der Waals surface area contributed by atoms with Crippen LogP contribution in [0.25, 0.3) is 0 Å². The molecule has 0 radical (unpaired) electrons. The van der Waals surface area contributed by atoms with Gasteiger partial charge in [0.25, 0.3) is 0 Å². The molecule has 2 N–H and O–H groups in total. The third kappa shape index (κ3) is 3.59. The van der Waals surface area contributed by atoms with Gasteiger partial charge in [-0.15, -0.1) is 0 Å². The van der Waals surface area contributed by atoms with E-state index >= 15 is 0 Å². The second-order valence-corrected chi connectivity index (χ2v) is 7.17. The van der Waals surface area contributed by atoms with Crippen LogP contribution in [0.3, 0.4) is 0 Å². The first kappa shape index (κ1) is 15.5. The lowest BCUT2D eigenvalue weighted by Crippen LogP contribution is -2.33. The Morgan fingerprint density at radius 1 is 1.45 bits per heavy atom. The van der Waals surface area contributed by atoms with Crippen molar-refractivity contribution in [3.05, 3.63) is 12.4 Å². The summed E-state index contributed by atoms with van der Waals surface area (Å²) in [4.78, 5) is 0.303. The maximum atomic E-state index is 12.7. The summed E-state index contributed by atoms with van der Waals surface area (Å²) in [7, 11) is -3.40. The third-order valence-corrected chi connectivity index (χ3v) is 5.40. The predicted molar refractivity (Wildman–Crippen MR) is 77.7 cm³/mol. The molecule has 0 aliphatic heterocycles. The molecule has 0 unspecified atom stereocenters. The van der Waals surface area contributed by atoms with Crippen LogP contribution in [0, 0.1) is 0 Å². The van der Waals surface area contributed by atoms with Crippen LogP contribution in [0.1, 0.15) is 39.0 Å². The first-order valence-corrected chi connectivity index (χ1v) is 8.78. The van der Waals surface area contributed by atoms with Gasteiger partial charge in [0.2, 0.25) is 10.0 Å². The summed E-state index contributed by atoms with van der Waals surface area (Å²) in [6.45, 7) is 3.91. The molecule has 1 aliphatic rings. The number of aromatic nitrogens is 2. The molecule has 2 rings (SSSR count). The molecule has 0 spiro atoms. The van der Waals surface area contributed by atoms with Gasteiger partial charge in [-0.3, -0.25) is 4.68 Å². The maximum Gasteiger partial charge on any atom is 0.246 e. The normalized spacial score (nSPS) is 15.9. The number of hydrogen-bond donors (Lipinski definition) is 1. The van der Waals surface area contributed by atoms with E-state index in [0.29, 0.717) is 24.5 Å². The minimum absolute atomic E-state index is 0.193. The Morgan fingerprint density at radius 3 is 2.80 bits per heavy atom. The van der Waals surface area contributed by atoms with Crippen molar-refractivity contribution in [2.75, 3.05) is 13.1 Å². The summed E-state index contributed by atoms with van der Waals surface area (Å²) in [5.74, 6) is 0. The third-order valence-electron chi connectivity index (χ3n) is 3.49. The summed E-state index contributed by atoms with van der Waals surface area (Å²) in [6.07, 6.45) is 7.71. The minimum Gasteiger partial charge on any atom is -0.330 e. The van der Waals surface area contributed by atoms with E-state index in [4.69, 9.17) is 5.73 Å². The molecule has 0 atom stereocenters. The zero-order valence-corrected chi connectivity index (χ0v) is 12.8. The minimum atomic E-state index is -3.40. The lowest BCUT2D eigenvalue weighted by atomic mass is 10.3. The van der Waals surface area contributed by atoms with E-state index in [-0.39, 0.29) is 6.04 Å². The van der Waals surface area contributed by atoms with Crippen molar-refractivity contribution in [1.82, 2.24) is 14.1 Å². The van der Waals surface area contributed by atoms with Gasteiger partial charge in [-0.1, -0.05) is 13.3 Å². The number of sulfonamides is 1. The highest BCUT2D eigenvalue weighted by atomic mass is 32.2. The molecular weight excluding hydrogens is 276 g/mol. The first-order chi connectivity index (χ1) is 9.59. The number of nitrogens with two attached hydrogens (primary N) is 1. The van der Waals surface area contributed by atoms with Gasteiger partial charge in [-0.05, 0) is 32.2 Å². The first-order valence-electron chi connectivity index (χ1n) is 7.34. The van der Waals surface area contributed by atoms with Gasteiger partial charge in [0, 0.05) is 25.3 Å². The summed E-state index contributed by atoms with van der Waals surface area (Å²) in [5, 5.41) is 4.12. The van der Waals surface area contributed by atoms with Crippen LogP contribution < -0.4 is 5.73 Å². The molecule has 20 heavy (non-hydrogen) atoms. The highest BCUT2D eigenvalue weighted by Crippen LogP contribution is 2.32. The van der Waals surface area contributed by atoms with Crippen LogP contribution in [0.5, 0.6) is 0 Å². The van der Waals surface area contributed by atoms with Gasteiger partial charge < -0.3 is 5.73 Å². The zero-order valence-electron chi connectivity index (χ0n) is 12.0. The molecule has 1 aromatic rings. The molecule has 0 aromatic carbocycles. The van der Waals surface area contributed by atoms with Crippen LogP contribution >= 0.6 is 0 Å². The van der Waals surface area contributed by atoms with E-state index < -0.39 is 10.0 Å². The van der Waals surface area contributed by atoms with Crippen molar-refractivity contribution < 1.29 is 8.42 Å². The van der Waals surface area contributed by atoms with Gasteiger partial charge in [0.15, 0.2) is 0 Å². The smallest absolute Gasteiger partial charge is 0.246 e. The molecule has 0 bridgehead atoms. The Balaban J connectivity index is 2.12. The molecule has 1 aliphatic carbocycles. The van der Waals surface area contributed by atoms with E-state index in [1.807, 2.05) is 0 Å². The van der Waals surface area contributed by atoms with E-state index in [1.54, 1.807) is 15.2 Å². The monoisotopic (exact) mass is 300 g/mol. The van der Waals surface area contributed by atoms with Crippen molar-refractivity contribution >= 4 is 10.0 Å². The fraction of sp³-hybridized carbons (Fsp3) is 0.769. The Kier molecular flexibility index (Phi) is 5.17. The van der Waals surface area contributed by atoms with Gasteiger partial charge in [0.1, 0.15) is 4.90 Å². The highest BCUT2D eigenvalue weighted by molar-refractivity contribution is 7.89. The van der Waals surface area contributed by atoms with Gasteiger partial charge in [-0.25, -0.2) is 8.42 Å². The van der Waals surface area contributed by atoms with E-state index in [1.165, 1.54) is 6.20 Å². The van der Waals surface area contributed by atoms with Crippen molar-refractivity contribution in [2.24, 2.45) is 5.73 Å².